The molecule has 0 saturated heterocycles. The van der Waals surface area contributed by atoms with Gasteiger partial charge in [-0.1, -0.05) is 18.7 Å². The first-order valence-corrected chi connectivity index (χ1v) is 7.91. The van der Waals surface area contributed by atoms with Crippen LogP contribution < -0.4 is 5.32 Å². The van der Waals surface area contributed by atoms with Crippen molar-refractivity contribution in [3.63, 3.8) is 0 Å². The summed E-state index contributed by atoms with van der Waals surface area (Å²) in [5.74, 6) is -0.0438. The molecule has 1 atom stereocenters. The van der Waals surface area contributed by atoms with Crippen LogP contribution in [0.5, 0.6) is 0 Å². The highest BCUT2D eigenvalue weighted by atomic mass is 32.4. The summed E-state index contributed by atoms with van der Waals surface area (Å²) in [5, 5.41) is 2.84. The second-order valence-corrected chi connectivity index (χ2v) is 9.01. The Morgan fingerprint density at radius 1 is 1.57 bits per heavy atom. The van der Waals surface area contributed by atoms with Gasteiger partial charge in [0.2, 0.25) is 5.91 Å². The minimum absolute atomic E-state index is 0.0438. The highest BCUT2D eigenvalue weighted by Gasteiger charge is 2.21. The van der Waals surface area contributed by atoms with Gasteiger partial charge in [0.1, 0.15) is 0 Å². The third-order valence-electron chi connectivity index (χ3n) is 2.09. The number of hydrogen-bond donors (Lipinski definition) is 2. The van der Waals surface area contributed by atoms with Crippen molar-refractivity contribution in [1.29, 1.82) is 0 Å². The highest BCUT2D eigenvalue weighted by molar-refractivity contribution is 8.11. The molecule has 0 bridgehead atoms. The lowest BCUT2D eigenvalue weighted by Crippen LogP contribution is -2.42. The normalized spacial score (nSPS) is 16.1. The fourth-order valence-electron chi connectivity index (χ4n) is 1.15. The van der Waals surface area contributed by atoms with E-state index in [4.69, 9.17) is 11.8 Å². The highest BCUT2D eigenvalue weighted by Crippen LogP contribution is 2.41. The third kappa shape index (κ3) is 6.52. The van der Waals surface area contributed by atoms with Gasteiger partial charge < -0.3 is 10.2 Å². The van der Waals surface area contributed by atoms with Crippen LogP contribution in [0, 0.1) is 0 Å². The van der Waals surface area contributed by atoms with Gasteiger partial charge >= 0.3 is 0 Å². The number of rotatable bonds is 5. The molecule has 0 aromatic rings. The van der Waals surface area contributed by atoms with Gasteiger partial charge in [0.05, 0.1) is 6.26 Å². The van der Waals surface area contributed by atoms with Crippen LogP contribution in [0.25, 0.3) is 0 Å². The number of hydrogen-bond acceptors (Lipinski definition) is 2. The third-order valence-corrected chi connectivity index (χ3v) is 5.33. The van der Waals surface area contributed by atoms with Gasteiger partial charge in [-0.05, 0) is 26.4 Å². The Labute approximate surface area is 91.4 Å². The Morgan fingerprint density at radius 3 is 2.43 bits per heavy atom. The van der Waals surface area contributed by atoms with Crippen molar-refractivity contribution in [2.75, 3.05) is 12.3 Å². The molecule has 1 unspecified atom stereocenters. The van der Waals surface area contributed by atoms with Crippen molar-refractivity contribution in [2.24, 2.45) is 0 Å². The Kier molecular flexibility index (Phi) is 5.27. The standard InChI is InChI=1S/C9H20NO2PS/c1-5-13(12,14)7-6-9(3,4)10-8(2)11/h5-7H2,1-4H3,(H,10,11)(H,12,14). The molecule has 0 radical (unpaired) electrons. The molecule has 0 fully saturated rings. The molecular formula is C9H20NO2PS. The van der Waals surface area contributed by atoms with E-state index in [1.165, 1.54) is 6.92 Å². The molecule has 3 nitrogen and oxygen atoms in total. The minimum atomic E-state index is -2.13. The van der Waals surface area contributed by atoms with Crippen molar-refractivity contribution < 1.29 is 9.69 Å². The molecule has 0 aliphatic rings. The number of carbonyl (C=O) groups excluding carboxylic acids is 1. The van der Waals surface area contributed by atoms with Crippen LogP contribution in [-0.4, -0.2) is 28.7 Å². The van der Waals surface area contributed by atoms with E-state index in [-0.39, 0.29) is 11.4 Å². The number of amides is 1. The molecule has 2 N–H and O–H groups in total. The summed E-state index contributed by atoms with van der Waals surface area (Å²) < 4.78 is 0. The van der Waals surface area contributed by atoms with Crippen LogP contribution in [0.1, 0.15) is 34.1 Å². The van der Waals surface area contributed by atoms with Gasteiger partial charge in [-0.2, -0.15) is 0 Å². The monoisotopic (exact) mass is 237 g/mol. The fraction of sp³-hybridized carbons (Fsp3) is 0.889. The van der Waals surface area contributed by atoms with Gasteiger partial charge in [-0.3, -0.25) is 4.79 Å². The maximum absolute atomic E-state index is 10.9. The van der Waals surface area contributed by atoms with Gasteiger partial charge in [0, 0.05) is 18.6 Å². The zero-order chi connectivity index (χ0) is 11.4. The molecule has 0 aliphatic carbocycles. The van der Waals surface area contributed by atoms with Crippen LogP contribution in [0.4, 0.5) is 0 Å². The molecule has 0 aliphatic heterocycles. The molecule has 0 heterocycles. The van der Waals surface area contributed by atoms with Gasteiger partial charge in [0.25, 0.3) is 0 Å². The van der Waals surface area contributed by atoms with E-state index in [0.717, 1.165) is 6.42 Å². The summed E-state index contributed by atoms with van der Waals surface area (Å²) in [7, 11) is 0. The predicted octanol–water partition coefficient (Wildman–Crippen LogP) is 1.70. The largest absolute Gasteiger partial charge is 0.365 e. The van der Waals surface area contributed by atoms with Gasteiger partial charge in [-0.25, -0.2) is 0 Å². The SMILES string of the molecule is CCP(O)(=S)CCC(C)(C)NC(C)=O. The molecule has 0 spiro atoms. The minimum Gasteiger partial charge on any atom is -0.365 e. The van der Waals surface area contributed by atoms with E-state index >= 15 is 0 Å². The fourth-order valence-corrected chi connectivity index (χ4v) is 2.65. The summed E-state index contributed by atoms with van der Waals surface area (Å²) in [5.41, 5.74) is -0.270. The Balaban J connectivity index is 4.11. The molecular weight excluding hydrogens is 217 g/mol. The van der Waals surface area contributed by atoms with Gasteiger partial charge in [0.15, 0.2) is 0 Å². The Bertz CT molecular complexity index is 253. The van der Waals surface area contributed by atoms with Crippen molar-refractivity contribution >= 4 is 24.0 Å². The number of carbonyl (C=O) groups is 1. The van der Waals surface area contributed by atoms with Crippen molar-refractivity contribution in [3.8, 4) is 0 Å². The van der Waals surface area contributed by atoms with E-state index in [9.17, 15) is 9.69 Å². The van der Waals surface area contributed by atoms with E-state index in [1.807, 2.05) is 20.8 Å². The molecule has 0 aromatic heterocycles. The van der Waals surface area contributed by atoms with E-state index < -0.39 is 6.26 Å². The van der Waals surface area contributed by atoms with Crippen molar-refractivity contribution in [1.82, 2.24) is 5.32 Å². The average molecular weight is 237 g/mol. The van der Waals surface area contributed by atoms with Crippen LogP contribution in [0.2, 0.25) is 0 Å². The maximum Gasteiger partial charge on any atom is 0.217 e. The zero-order valence-corrected chi connectivity index (χ0v) is 11.0. The second kappa shape index (κ2) is 5.24. The molecule has 5 heteroatoms. The summed E-state index contributed by atoms with van der Waals surface area (Å²) in [6.07, 6.45) is -0.105. The number of nitrogens with one attached hydrogen (secondary N) is 1. The van der Waals surface area contributed by atoms with E-state index in [0.29, 0.717) is 12.3 Å². The summed E-state index contributed by atoms with van der Waals surface area (Å²) in [6.45, 7) is 7.29. The second-order valence-electron chi connectivity index (χ2n) is 4.20. The first kappa shape index (κ1) is 14.1. The van der Waals surface area contributed by atoms with E-state index in [1.54, 1.807) is 0 Å². The molecule has 0 aromatic carbocycles. The topological polar surface area (TPSA) is 49.3 Å². The van der Waals surface area contributed by atoms with Crippen LogP contribution in [0.15, 0.2) is 0 Å². The predicted molar refractivity (Wildman–Crippen MR) is 64.4 cm³/mol. The molecule has 84 valence electrons. The maximum atomic E-state index is 10.9. The lowest BCUT2D eigenvalue weighted by molar-refractivity contribution is -0.120. The average Bonchev–Trinajstić information content (AvgIpc) is 1.99. The lowest BCUT2D eigenvalue weighted by Gasteiger charge is -2.27. The Morgan fingerprint density at radius 2 is 2.07 bits per heavy atom. The first-order valence-electron chi connectivity index (χ1n) is 4.78. The molecule has 1 amide bonds. The molecule has 0 saturated carbocycles. The van der Waals surface area contributed by atoms with Gasteiger partial charge in [-0.15, -0.1) is 0 Å². The quantitative estimate of drug-likeness (QED) is 0.715. The van der Waals surface area contributed by atoms with Crippen LogP contribution in [-0.2, 0) is 16.6 Å². The first-order chi connectivity index (χ1) is 6.18. The van der Waals surface area contributed by atoms with Crippen LogP contribution >= 0.6 is 6.26 Å². The summed E-state index contributed by atoms with van der Waals surface area (Å²) in [6, 6.07) is 0. The van der Waals surface area contributed by atoms with Crippen molar-refractivity contribution in [2.45, 2.75) is 39.7 Å². The summed E-state index contributed by atoms with van der Waals surface area (Å²) >= 11 is 5.08. The van der Waals surface area contributed by atoms with E-state index in [2.05, 4.69) is 5.32 Å². The van der Waals surface area contributed by atoms with Crippen molar-refractivity contribution in [3.05, 3.63) is 0 Å². The summed E-state index contributed by atoms with van der Waals surface area (Å²) in [4.78, 5) is 20.6. The smallest absolute Gasteiger partial charge is 0.217 e. The lowest BCUT2D eigenvalue weighted by atomic mass is 10.0. The van der Waals surface area contributed by atoms with Crippen LogP contribution in [0.3, 0.4) is 0 Å². The Hall–Kier alpha value is 0.0800. The molecule has 0 rings (SSSR count). The zero-order valence-electron chi connectivity index (χ0n) is 9.33. The molecule has 14 heavy (non-hydrogen) atoms.